The summed E-state index contributed by atoms with van der Waals surface area (Å²) in [5.74, 6) is -0.0405. The van der Waals surface area contributed by atoms with Crippen molar-refractivity contribution in [3.63, 3.8) is 0 Å². The first kappa shape index (κ1) is 13.2. The van der Waals surface area contributed by atoms with Gasteiger partial charge >= 0.3 is 0 Å². The molecule has 0 aliphatic heterocycles. The Morgan fingerprint density at radius 3 is 3.00 bits per heavy atom. The minimum atomic E-state index is -0.0405. The lowest BCUT2D eigenvalue weighted by atomic mass is 10.2. The van der Waals surface area contributed by atoms with Crippen LogP contribution in [0.3, 0.4) is 0 Å². The SMILES string of the molecule is O=C(CCCn1cnnn1)Nc1cccc2cccnc12. The summed E-state index contributed by atoms with van der Waals surface area (Å²) in [6.45, 7) is 0.619. The Morgan fingerprint density at radius 2 is 2.14 bits per heavy atom. The van der Waals surface area contributed by atoms with Crippen LogP contribution in [0.5, 0.6) is 0 Å². The molecule has 0 saturated heterocycles. The Kier molecular flexibility index (Phi) is 3.81. The molecule has 3 rings (SSSR count). The summed E-state index contributed by atoms with van der Waals surface area (Å²) in [5, 5.41) is 14.7. The van der Waals surface area contributed by atoms with E-state index in [-0.39, 0.29) is 5.91 Å². The first-order valence-electron chi connectivity index (χ1n) is 6.67. The van der Waals surface area contributed by atoms with Gasteiger partial charge in [-0.2, -0.15) is 0 Å². The number of fused-ring (bicyclic) bond motifs is 1. The Morgan fingerprint density at radius 1 is 1.24 bits per heavy atom. The number of nitrogens with zero attached hydrogens (tertiary/aromatic N) is 5. The zero-order valence-electron chi connectivity index (χ0n) is 11.3. The highest BCUT2D eigenvalue weighted by atomic mass is 16.1. The van der Waals surface area contributed by atoms with Crippen molar-refractivity contribution in [2.75, 3.05) is 5.32 Å². The monoisotopic (exact) mass is 282 g/mol. The number of hydrogen-bond donors (Lipinski definition) is 1. The van der Waals surface area contributed by atoms with E-state index in [1.165, 1.54) is 6.33 Å². The van der Waals surface area contributed by atoms with Crippen LogP contribution in [-0.4, -0.2) is 31.1 Å². The Balaban J connectivity index is 1.61. The number of anilines is 1. The molecule has 106 valence electrons. The van der Waals surface area contributed by atoms with Crippen LogP contribution in [0.4, 0.5) is 5.69 Å². The third-order valence-corrected chi connectivity index (χ3v) is 3.09. The molecule has 0 fully saturated rings. The Labute approximate surface area is 121 Å². The van der Waals surface area contributed by atoms with Gasteiger partial charge in [-0.15, -0.1) is 5.10 Å². The average Bonchev–Trinajstić information content (AvgIpc) is 3.01. The predicted octanol–water partition coefficient (Wildman–Crippen LogP) is 1.64. The van der Waals surface area contributed by atoms with Crippen molar-refractivity contribution in [1.29, 1.82) is 0 Å². The summed E-state index contributed by atoms with van der Waals surface area (Å²) in [4.78, 5) is 16.3. The summed E-state index contributed by atoms with van der Waals surface area (Å²) in [6.07, 6.45) is 4.33. The fraction of sp³-hybridized carbons (Fsp3) is 0.214. The van der Waals surface area contributed by atoms with E-state index in [0.717, 1.165) is 16.6 Å². The number of nitrogens with one attached hydrogen (secondary N) is 1. The van der Waals surface area contributed by atoms with Gasteiger partial charge in [0.05, 0.1) is 11.2 Å². The van der Waals surface area contributed by atoms with Gasteiger partial charge in [0.25, 0.3) is 0 Å². The van der Waals surface area contributed by atoms with Gasteiger partial charge in [-0.3, -0.25) is 9.78 Å². The summed E-state index contributed by atoms with van der Waals surface area (Å²) < 4.78 is 1.60. The lowest BCUT2D eigenvalue weighted by Gasteiger charge is -2.07. The van der Waals surface area contributed by atoms with Gasteiger partial charge in [0.1, 0.15) is 6.33 Å². The van der Waals surface area contributed by atoms with E-state index in [1.54, 1.807) is 10.9 Å². The quantitative estimate of drug-likeness (QED) is 0.769. The van der Waals surface area contributed by atoms with E-state index in [2.05, 4.69) is 25.8 Å². The van der Waals surface area contributed by atoms with E-state index in [1.807, 2.05) is 30.3 Å². The number of hydrogen-bond acceptors (Lipinski definition) is 5. The minimum absolute atomic E-state index is 0.0405. The summed E-state index contributed by atoms with van der Waals surface area (Å²) in [6, 6.07) is 9.57. The lowest BCUT2D eigenvalue weighted by molar-refractivity contribution is -0.116. The predicted molar refractivity (Wildman–Crippen MR) is 77.4 cm³/mol. The van der Waals surface area contributed by atoms with Crippen molar-refractivity contribution in [1.82, 2.24) is 25.2 Å². The third kappa shape index (κ3) is 3.19. The third-order valence-electron chi connectivity index (χ3n) is 3.09. The molecule has 3 aromatic rings. The largest absolute Gasteiger partial charge is 0.324 e. The molecule has 0 bridgehead atoms. The van der Waals surface area contributed by atoms with Gasteiger partial charge in [-0.05, 0) is 29.0 Å². The highest BCUT2D eigenvalue weighted by Gasteiger charge is 2.06. The zero-order chi connectivity index (χ0) is 14.5. The molecule has 1 amide bonds. The molecule has 7 nitrogen and oxygen atoms in total. The standard InChI is InChI=1S/C14H14N6O/c21-13(7-3-9-20-10-16-18-19-20)17-12-6-1-4-11-5-2-8-15-14(11)12/h1-2,4-6,8,10H,3,7,9H2,(H,17,21). The molecule has 0 radical (unpaired) electrons. The van der Waals surface area contributed by atoms with Gasteiger partial charge in [-0.25, -0.2) is 4.68 Å². The van der Waals surface area contributed by atoms with Gasteiger partial charge in [0.2, 0.25) is 5.91 Å². The number of para-hydroxylation sites is 1. The number of pyridine rings is 1. The van der Waals surface area contributed by atoms with Crippen LogP contribution in [0, 0.1) is 0 Å². The highest BCUT2D eigenvalue weighted by Crippen LogP contribution is 2.20. The number of benzene rings is 1. The fourth-order valence-electron chi connectivity index (χ4n) is 2.10. The van der Waals surface area contributed by atoms with Crippen molar-refractivity contribution >= 4 is 22.5 Å². The van der Waals surface area contributed by atoms with Crippen LogP contribution in [0.2, 0.25) is 0 Å². The number of rotatable bonds is 5. The first-order chi connectivity index (χ1) is 10.3. The van der Waals surface area contributed by atoms with Crippen molar-refractivity contribution in [2.45, 2.75) is 19.4 Å². The topological polar surface area (TPSA) is 85.6 Å². The molecule has 1 aromatic carbocycles. The van der Waals surface area contributed by atoms with Crippen LogP contribution in [0.15, 0.2) is 42.9 Å². The van der Waals surface area contributed by atoms with E-state index in [9.17, 15) is 4.79 Å². The first-order valence-corrected chi connectivity index (χ1v) is 6.67. The fourth-order valence-corrected chi connectivity index (χ4v) is 2.10. The van der Waals surface area contributed by atoms with Gasteiger partial charge in [0.15, 0.2) is 0 Å². The van der Waals surface area contributed by atoms with Gasteiger partial charge in [-0.1, -0.05) is 18.2 Å². The highest BCUT2D eigenvalue weighted by molar-refractivity contribution is 6.00. The molecule has 0 aliphatic carbocycles. The number of carbonyl (C=O) groups is 1. The second-order valence-electron chi connectivity index (χ2n) is 4.61. The average molecular weight is 282 g/mol. The smallest absolute Gasteiger partial charge is 0.224 e. The molecule has 2 aromatic heterocycles. The van der Waals surface area contributed by atoms with Crippen molar-refractivity contribution in [3.05, 3.63) is 42.9 Å². The van der Waals surface area contributed by atoms with Crippen LogP contribution in [-0.2, 0) is 11.3 Å². The molecule has 1 N–H and O–H groups in total. The number of aromatic nitrogens is 5. The van der Waals surface area contributed by atoms with Crippen LogP contribution in [0.25, 0.3) is 10.9 Å². The van der Waals surface area contributed by atoms with E-state index < -0.39 is 0 Å². The van der Waals surface area contributed by atoms with Gasteiger partial charge in [0, 0.05) is 24.5 Å². The minimum Gasteiger partial charge on any atom is -0.324 e. The molecule has 7 heteroatoms. The number of tetrazole rings is 1. The normalized spacial score (nSPS) is 10.7. The molecule has 0 saturated carbocycles. The van der Waals surface area contributed by atoms with E-state index in [0.29, 0.717) is 19.4 Å². The molecule has 0 aliphatic rings. The van der Waals surface area contributed by atoms with Crippen molar-refractivity contribution in [2.24, 2.45) is 0 Å². The van der Waals surface area contributed by atoms with Crippen molar-refractivity contribution in [3.8, 4) is 0 Å². The molecular formula is C14H14N6O. The molecule has 0 atom stereocenters. The number of amides is 1. The molecule has 2 heterocycles. The molecule has 0 spiro atoms. The number of aryl methyl sites for hydroxylation is 1. The molecule has 0 unspecified atom stereocenters. The second-order valence-corrected chi connectivity index (χ2v) is 4.61. The maximum atomic E-state index is 12.0. The van der Waals surface area contributed by atoms with Crippen LogP contribution in [0.1, 0.15) is 12.8 Å². The maximum Gasteiger partial charge on any atom is 0.224 e. The van der Waals surface area contributed by atoms with Crippen LogP contribution >= 0.6 is 0 Å². The Hall–Kier alpha value is -2.83. The summed E-state index contributed by atoms with van der Waals surface area (Å²) in [7, 11) is 0. The molecule has 21 heavy (non-hydrogen) atoms. The number of carbonyl (C=O) groups excluding carboxylic acids is 1. The second kappa shape index (κ2) is 6.08. The zero-order valence-corrected chi connectivity index (χ0v) is 11.3. The van der Waals surface area contributed by atoms with Gasteiger partial charge < -0.3 is 5.32 Å². The van der Waals surface area contributed by atoms with Crippen molar-refractivity contribution < 1.29 is 4.79 Å². The van der Waals surface area contributed by atoms with E-state index >= 15 is 0 Å². The van der Waals surface area contributed by atoms with E-state index in [4.69, 9.17) is 0 Å². The van der Waals surface area contributed by atoms with Crippen LogP contribution < -0.4 is 5.32 Å². The molecular weight excluding hydrogens is 268 g/mol. The lowest BCUT2D eigenvalue weighted by Crippen LogP contribution is -2.13. The Bertz CT molecular complexity index is 735. The summed E-state index contributed by atoms with van der Waals surface area (Å²) in [5.41, 5.74) is 1.54. The summed E-state index contributed by atoms with van der Waals surface area (Å²) >= 11 is 0. The maximum absolute atomic E-state index is 12.0.